The summed E-state index contributed by atoms with van der Waals surface area (Å²) in [5.74, 6) is -0.796. The maximum Gasteiger partial charge on any atom is 0.195 e. The van der Waals surface area contributed by atoms with Crippen molar-refractivity contribution >= 4 is 34.0 Å². The molecule has 0 radical (unpaired) electrons. The van der Waals surface area contributed by atoms with E-state index >= 15 is 0 Å². The van der Waals surface area contributed by atoms with Crippen LogP contribution < -0.4 is 5.73 Å². The summed E-state index contributed by atoms with van der Waals surface area (Å²) in [7, 11) is 1.83. The lowest BCUT2D eigenvalue weighted by Crippen LogP contribution is -2.02. The Labute approximate surface area is 125 Å². The topological polar surface area (TPSA) is 48.0 Å². The lowest BCUT2D eigenvalue weighted by atomic mass is 10.0. The van der Waals surface area contributed by atoms with Gasteiger partial charge in [0.25, 0.3) is 0 Å². The standard InChI is InChI=1S/C16H12ClFN2O/c1-20-8-14(13-3-2-10(17)6-15(13)20)16(21)9-4-11(18)7-12(19)5-9/h2-8H,19H2,1H3. The van der Waals surface area contributed by atoms with E-state index in [1.807, 2.05) is 11.6 Å². The summed E-state index contributed by atoms with van der Waals surface area (Å²) in [6.45, 7) is 0. The number of ketones is 1. The first-order valence-corrected chi connectivity index (χ1v) is 6.69. The fourth-order valence-electron chi connectivity index (χ4n) is 2.44. The van der Waals surface area contributed by atoms with Crippen molar-refractivity contribution in [1.82, 2.24) is 4.57 Å². The summed E-state index contributed by atoms with van der Waals surface area (Å²) in [4.78, 5) is 12.6. The van der Waals surface area contributed by atoms with Gasteiger partial charge in [-0.05, 0) is 30.3 Å². The molecule has 1 heterocycles. The van der Waals surface area contributed by atoms with Crippen molar-refractivity contribution in [2.24, 2.45) is 7.05 Å². The van der Waals surface area contributed by atoms with Gasteiger partial charge < -0.3 is 10.3 Å². The highest BCUT2D eigenvalue weighted by molar-refractivity contribution is 6.31. The lowest BCUT2D eigenvalue weighted by molar-refractivity contribution is 0.103. The molecule has 5 heteroatoms. The summed E-state index contributed by atoms with van der Waals surface area (Å²) < 4.78 is 15.2. The number of aromatic nitrogens is 1. The molecule has 0 saturated heterocycles. The number of carbonyl (C=O) groups excluding carboxylic acids is 1. The first kappa shape index (κ1) is 13.6. The highest BCUT2D eigenvalue weighted by Crippen LogP contribution is 2.26. The molecule has 0 aliphatic carbocycles. The minimum absolute atomic E-state index is 0.224. The fourth-order valence-corrected chi connectivity index (χ4v) is 2.60. The average Bonchev–Trinajstić information content (AvgIpc) is 2.74. The Morgan fingerprint density at radius 3 is 2.71 bits per heavy atom. The van der Waals surface area contributed by atoms with E-state index in [0.29, 0.717) is 10.6 Å². The largest absolute Gasteiger partial charge is 0.399 e. The highest BCUT2D eigenvalue weighted by Gasteiger charge is 2.17. The van der Waals surface area contributed by atoms with Crippen LogP contribution in [0.2, 0.25) is 5.02 Å². The number of nitrogens with two attached hydrogens (primary N) is 1. The second kappa shape index (κ2) is 4.90. The molecule has 3 rings (SSSR count). The van der Waals surface area contributed by atoms with E-state index in [-0.39, 0.29) is 17.0 Å². The number of hydrogen-bond donors (Lipinski definition) is 1. The van der Waals surface area contributed by atoms with Gasteiger partial charge in [-0.25, -0.2) is 4.39 Å². The number of rotatable bonds is 2. The van der Waals surface area contributed by atoms with E-state index in [1.165, 1.54) is 18.2 Å². The minimum Gasteiger partial charge on any atom is -0.399 e. The zero-order valence-electron chi connectivity index (χ0n) is 11.2. The predicted octanol–water partition coefficient (Wildman–Crippen LogP) is 3.78. The van der Waals surface area contributed by atoms with Crippen molar-refractivity contribution in [2.75, 3.05) is 5.73 Å². The number of benzene rings is 2. The second-order valence-corrected chi connectivity index (χ2v) is 5.35. The number of nitrogen functional groups attached to an aromatic ring is 1. The molecule has 0 fully saturated rings. The van der Waals surface area contributed by atoms with Crippen LogP contribution in [0, 0.1) is 5.82 Å². The Morgan fingerprint density at radius 2 is 2.00 bits per heavy atom. The Morgan fingerprint density at radius 1 is 1.24 bits per heavy atom. The smallest absolute Gasteiger partial charge is 0.195 e. The molecule has 2 N–H and O–H groups in total. The first-order chi connectivity index (χ1) is 9.95. The molecule has 106 valence electrons. The maximum atomic E-state index is 13.4. The van der Waals surface area contributed by atoms with Crippen molar-refractivity contribution in [3.8, 4) is 0 Å². The summed E-state index contributed by atoms with van der Waals surface area (Å²) in [5, 5.41) is 1.37. The first-order valence-electron chi connectivity index (χ1n) is 6.31. The second-order valence-electron chi connectivity index (χ2n) is 4.92. The number of aryl methyl sites for hydroxylation is 1. The number of hydrogen-bond acceptors (Lipinski definition) is 2. The zero-order valence-corrected chi connectivity index (χ0v) is 12.0. The summed E-state index contributed by atoms with van der Waals surface area (Å²) in [6, 6.07) is 9.13. The van der Waals surface area contributed by atoms with Gasteiger partial charge in [-0.1, -0.05) is 17.7 Å². The molecule has 2 aromatic carbocycles. The monoisotopic (exact) mass is 302 g/mol. The van der Waals surface area contributed by atoms with Crippen LogP contribution in [-0.4, -0.2) is 10.4 Å². The highest BCUT2D eigenvalue weighted by atomic mass is 35.5. The number of nitrogens with zero attached hydrogens (tertiary/aromatic N) is 1. The van der Waals surface area contributed by atoms with Crippen LogP contribution in [0.3, 0.4) is 0 Å². The van der Waals surface area contributed by atoms with Crippen molar-refractivity contribution in [2.45, 2.75) is 0 Å². The van der Waals surface area contributed by atoms with Gasteiger partial charge in [0.15, 0.2) is 5.78 Å². The number of fused-ring (bicyclic) bond motifs is 1. The third-order valence-corrected chi connectivity index (χ3v) is 3.61. The molecule has 0 unspecified atom stereocenters. The van der Waals surface area contributed by atoms with Crippen molar-refractivity contribution in [3.63, 3.8) is 0 Å². The molecule has 1 aromatic heterocycles. The fraction of sp³-hybridized carbons (Fsp3) is 0.0625. The summed E-state index contributed by atoms with van der Waals surface area (Å²) in [5.41, 5.74) is 7.39. The van der Waals surface area contributed by atoms with E-state index in [9.17, 15) is 9.18 Å². The Kier molecular flexibility index (Phi) is 3.18. The van der Waals surface area contributed by atoms with Crippen LogP contribution in [0.1, 0.15) is 15.9 Å². The number of halogens is 2. The van der Waals surface area contributed by atoms with Gasteiger partial charge in [-0.15, -0.1) is 0 Å². The van der Waals surface area contributed by atoms with Gasteiger partial charge in [-0.2, -0.15) is 0 Å². The minimum atomic E-state index is -0.526. The Hall–Kier alpha value is -2.33. The van der Waals surface area contributed by atoms with Crippen molar-refractivity contribution in [1.29, 1.82) is 0 Å². The summed E-state index contributed by atoms with van der Waals surface area (Å²) in [6.07, 6.45) is 1.71. The van der Waals surface area contributed by atoms with E-state index in [4.69, 9.17) is 17.3 Å². The number of carbonyl (C=O) groups is 1. The maximum absolute atomic E-state index is 13.4. The van der Waals surface area contributed by atoms with Crippen LogP contribution in [0.25, 0.3) is 10.9 Å². The van der Waals surface area contributed by atoms with E-state index in [1.54, 1.807) is 24.4 Å². The van der Waals surface area contributed by atoms with Gasteiger partial charge in [0.05, 0.1) is 0 Å². The summed E-state index contributed by atoms with van der Waals surface area (Å²) >= 11 is 5.97. The van der Waals surface area contributed by atoms with E-state index in [0.717, 1.165) is 10.9 Å². The molecule has 0 saturated carbocycles. The van der Waals surface area contributed by atoms with Crippen molar-refractivity contribution in [3.05, 3.63) is 64.6 Å². The van der Waals surface area contributed by atoms with Crippen LogP contribution >= 0.6 is 11.6 Å². The van der Waals surface area contributed by atoms with E-state index < -0.39 is 5.82 Å². The molecule has 0 atom stereocenters. The molecule has 21 heavy (non-hydrogen) atoms. The average molecular weight is 303 g/mol. The molecule has 0 aliphatic rings. The molecular weight excluding hydrogens is 291 g/mol. The van der Waals surface area contributed by atoms with Crippen LogP contribution in [0.4, 0.5) is 10.1 Å². The van der Waals surface area contributed by atoms with Crippen LogP contribution in [0.15, 0.2) is 42.6 Å². The quantitative estimate of drug-likeness (QED) is 0.578. The SMILES string of the molecule is Cn1cc(C(=O)c2cc(N)cc(F)c2)c2ccc(Cl)cc21. The number of anilines is 1. The molecule has 0 amide bonds. The van der Waals surface area contributed by atoms with Gasteiger partial charge in [0.2, 0.25) is 0 Å². The molecule has 3 nitrogen and oxygen atoms in total. The van der Waals surface area contributed by atoms with Gasteiger partial charge >= 0.3 is 0 Å². The van der Waals surface area contributed by atoms with Crippen molar-refractivity contribution < 1.29 is 9.18 Å². The molecule has 3 aromatic rings. The normalized spacial score (nSPS) is 11.0. The third kappa shape index (κ3) is 2.38. The van der Waals surface area contributed by atoms with Crippen LogP contribution in [0.5, 0.6) is 0 Å². The van der Waals surface area contributed by atoms with Gasteiger partial charge in [0.1, 0.15) is 5.82 Å². The Balaban J connectivity index is 2.18. The van der Waals surface area contributed by atoms with Crippen LogP contribution in [-0.2, 0) is 7.05 Å². The molecule has 0 bridgehead atoms. The van der Waals surface area contributed by atoms with Gasteiger partial charge in [-0.3, -0.25) is 4.79 Å². The Bertz CT molecular complexity index is 850. The third-order valence-electron chi connectivity index (χ3n) is 3.38. The molecule has 0 aliphatic heterocycles. The van der Waals surface area contributed by atoms with Gasteiger partial charge in [0, 0.05) is 46.0 Å². The lowest BCUT2D eigenvalue weighted by Gasteiger charge is -2.02. The zero-order chi connectivity index (χ0) is 15.1. The molecular formula is C16H12ClFN2O. The van der Waals surface area contributed by atoms with E-state index in [2.05, 4.69) is 0 Å². The predicted molar refractivity (Wildman–Crippen MR) is 82.2 cm³/mol. The molecule has 0 spiro atoms.